The molecule has 6 heteroatoms. The third-order valence-corrected chi connectivity index (χ3v) is 2.29. The second-order valence-corrected chi connectivity index (χ2v) is 3.46. The average Bonchev–Trinajstić information content (AvgIpc) is 2.82. The van der Waals surface area contributed by atoms with Gasteiger partial charge in [-0.25, -0.2) is 4.98 Å². The molecule has 0 saturated heterocycles. The number of nitrogens with one attached hydrogen (secondary N) is 1. The summed E-state index contributed by atoms with van der Waals surface area (Å²) >= 11 is 0. The molecule has 0 aliphatic rings. The van der Waals surface area contributed by atoms with E-state index in [1.165, 1.54) is 12.5 Å². The smallest absolute Gasteiger partial charge is 0.273 e. The molecule has 88 valence electrons. The molecule has 0 amide bonds. The molecular weight excluding hydrogens is 222 g/mol. The van der Waals surface area contributed by atoms with E-state index in [2.05, 4.69) is 10.3 Å². The zero-order valence-corrected chi connectivity index (χ0v) is 9.00. The second kappa shape index (κ2) is 5.22. The lowest BCUT2D eigenvalue weighted by atomic mass is 10.2. The van der Waals surface area contributed by atoms with Gasteiger partial charge in [-0.2, -0.15) is 0 Å². The van der Waals surface area contributed by atoms with Gasteiger partial charge in [0, 0.05) is 18.2 Å². The molecule has 1 N–H and O–H groups in total. The molecule has 2 aromatic rings. The molecular formula is C11H11N3O3. The van der Waals surface area contributed by atoms with Gasteiger partial charge in [-0.15, -0.1) is 0 Å². The molecule has 0 unspecified atom stereocenters. The van der Waals surface area contributed by atoms with Crippen LogP contribution in [0, 0.1) is 10.1 Å². The lowest BCUT2D eigenvalue weighted by Crippen LogP contribution is -2.13. The van der Waals surface area contributed by atoms with Crippen LogP contribution >= 0.6 is 0 Å². The van der Waals surface area contributed by atoms with Gasteiger partial charge in [0.1, 0.15) is 5.76 Å². The van der Waals surface area contributed by atoms with E-state index in [0.717, 1.165) is 0 Å². The van der Waals surface area contributed by atoms with Crippen LogP contribution in [0.1, 0.15) is 11.3 Å². The Balaban J connectivity index is 1.97. The summed E-state index contributed by atoms with van der Waals surface area (Å²) in [6.07, 6.45) is 2.95. The number of hydrogen-bond donors (Lipinski definition) is 1. The molecule has 17 heavy (non-hydrogen) atoms. The molecule has 0 saturated carbocycles. The van der Waals surface area contributed by atoms with Crippen molar-refractivity contribution >= 4 is 5.69 Å². The van der Waals surface area contributed by atoms with Crippen molar-refractivity contribution in [2.45, 2.75) is 13.1 Å². The van der Waals surface area contributed by atoms with E-state index in [9.17, 15) is 10.1 Å². The quantitative estimate of drug-likeness (QED) is 0.629. The average molecular weight is 233 g/mol. The lowest BCUT2D eigenvalue weighted by molar-refractivity contribution is -0.385. The number of aromatic nitrogens is 1. The number of nitrogens with zero attached hydrogens (tertiary/aromatic N) is 2. The normalized spacial score (nSPS) is 10.4. The molecule has 1 aromatic carbocycles. The fourth-order valence-electron chi connectivity index (χ4n) is 1.49. The predicted molar refractivity (Wildman–Crippen MR) is 60.1 cm³/mol. The minimum atomic E-state index is -0.383. The van der Waals surface area contributed by atoms with E-state index in [0.29, 0.717) is 24.4 Å². The number of nitro benzene ring substituents is 1. The maximum atomic E-state index is 10.8. The highest BCUT2D eigenvalue weighted by atomic mass is 16.6. The summed E-state index contributed by atoms with van der Waals surface area (Å²) in [6.45, 7) is 0.907. The van der Waals surface area contributed by atoms with Crippen LogP contribution in [0.5, 0.6) is 0 Å². The summed E-state index contributed by atoms with van der Waals surface area (Å²) in [4.78, 5) is 14.2. The van der Waals surface area contributed by atoms with E-state index in [-0.39, 0.29) is 10.6 Å². The Morgan fingerprint density at radius 3 is 2.88 bits per heavy atom. The molecule has 6 nitrogen and oxygen atoms in total. The lowest BCUT2D eigenvalue weighted by Gasteiger charge is -2.03. The number of hydrogen-bond acceptors (Lipinski definition) is 5. The Hall–Kier alpha value is -2.21. The minimum absolute atomic E-state index is 0.123. The van der Waals surface area contributed by atoms with Crippen molar-refractivity contribution in [1.29, 1.82) is 0 Å². The Morgan fingerprint density at radius 2 is 2.18 bits per heavy atom. The van der Waals surface area contributed by atoms with Crippen LogP contribution in [0.4, 0.5) is 5.69 Å². The summed E-state index contributed by atoms with van der Waals surface area (Å²) in [5, 5.41) is 13.8. The SMILES string of the molecule is O=[N+]([O-])c1ccccc1CNCc1cnco1. The van der Waals surface area contributed by atoms with Gasteiger partial charge in [-0.3, -0.25) is 10.1 Å². The van der Waals surface area contributed by atoms with Crippen LogP contribution in [0.3, 0.4) is 0 Å². The number of benzene rings is 1. The van der Waals surface area contributed by atoms with Crippen molar-refractivity contribution in [2.75, 3.05) is 0 Å². The molecule has 0 bridgehead atoms. The highest BCUT2D eigenvalue weighted by Gasteiger charge is 2.11. The third kappa shape index (κ3) is 2.88. The van der Waals surface area contributed by atoms with E-state index in [1.54, 1.807) is 24.4 Å². The summed E-state index contributed by atoms with van der Waals surface area (Å²) in [5.41, 5.74) is 0.773. The summed E-state index contributed by atoms with van der Waals surface area (Å²) in [5.74, 6) is 0.698. The van der Waals surface area contributed by atoms with Crippen LogP contribution in [-0.4, -0.2) is 9.91 Å². The van der Waals surface area contributed by atoms with Gasteiger partial charge in [0.25, 0.3) is 5.69 Å². The van der Waals surface area contributed by atoms with Crippen LogP contribution in [-0.2, 0) is 13.1 Å². The summed E-state index contributed by atoms with van der Waals surface area (Å²) in [7, 11) is 0. The van der Waals surface area contributed by atoms with Crippen molar-refractivity contribution in [3.8, 4) is 0 Å². The maximum absolute atomic E-state index is 10.8. The van der Waals surface area contributed by atoms with E-state index in [4.69, 9.17) is 4.42 Å². The molecule has 1 aromatic heterocycles. The van der Waals surface area contributed by atoms with Gasteiger partial charge >= 0.3 is 0 Å². The Morgan fingerprint density at radius 1 is 1.35 bits per heavy atom. The van der Waals surface area contributed by atoms with E-state index in [1.807, 2.05) is 0 Å². The standard InChI is InChI=1S/C11H11N3O3/c15-14(16)11-4-2-1-3-9(11)5-12-6-10-7-13-8-17-10/h1-4,7-8,12H,5-6H2. The van der Waals surface area contributed by atoms with Crippen LogP contribution in [0.2, 0.25) is 0 Å². The molecule has 0 aliphatic heterocycles. The molecule has 1 heterocycles. The first-order valence-corrected chi connectivity index (χ1v) is 5.08. The van der Waals surface area contributed by atoms with Gasteiger partial charge in [0.05, 0.1) is 17.7 Å². The number of nitro groups is 1. The van der Waals surface area contributed by atoms with Crippen molar-refractivity contribution < 1.29 is 9.34 Å². The number of rotatable bonds is 5. The monoisotopic (exact) mass is 233 g/mol. The first-order chi connectivity index (χ1) is 8.27. The maximum Gasteiger partial charge on any atom is 0.273 e. The van der Waals surface area contributed by atoms with E-state index < -0.39 is 0 Å². The van der Waals surface area contributed by atoms with Gasteiger partial charge in [0.2, 0.25) is 0 Å². The molecule has 0 fully saturated rings. The fourth-order valence-corrected chi connectivity index (χ4v) is 1.49. The van der Waals surface area contributed by atoms with Crippen LogP contribution in [0.15, 0.2) is 41.3 Å². The molecule has 0 spiro atoms. The largest absolute Gasteiger partial charge is 0.447 e. The van der Waals surface area contributed by atoms with Crippen LogP contribution < -0.4 is 5.32 Å². The Bertz CT molecular complexity index is 496. The highest BCUT2D eigenvalue weighted by Crippen LogP contribution is 2.17. The second-order valence-electron chi connectivity index (χ2n) is 3.46. The van der Waals surface area contributed by atoms with Crippen molar-refractivity contribution in [1.82, 2.24) is 10.3 Å². The topological polar surface area (TPSA) is 81.2 Å². The number of oxazole rings is 1. The van der Waals surface area contributed by atoms with Crippen molar-refractivity contribution in [3.63, 3.8) is 0 Å². The first-order valence-electron chi connectivity index (χ1n) is 5.08. The first kappa shape index (κ1) is 11.3. The Labute approximate surface area is 97.4 Å². The van der Waals surface area contributed by atoms with Gasteiger partial charge in [-0.05, 0) is 0 Å². The fraction of sp³-hybridized carbons (Fsp3) is 0.182. The third-order valence-electron chi connectivity index (χ3n) is 2.29. The Kier molecular flexibility index (Phi) is 3.46. The molecule has 0 atom stereocenters. The predicted octanol–water partition coefficient (Wildman–Crippen LogP) is 1.87. The van der Waals surface area contributed by atoms with Gasteiger partial charge < -0.3 is 9.73 Å². The van der Waals surface area contributed by atoms with Gasteiger partial charge in [0.15, 0.2) is 6.39 Å². The van der Waals surface area contributed by atoms with E-state index >= 15 is 0 Å². The van der Waals surface area contributed by atoms with Crippen molar-refractivity contribution in [2.24, 2.45) is 0 Å². The summed E-state index contributed by atoms with van der Waals surface area (Å²) in [6, 6.07) is 6.65. The number of para-hydroxylation sites is 1. The molecule has 0 radical (unpaired) electrons. The zero-order chi connectivity index (χ0) is 12.1. The van der Waals surface area contributed by atoms with Crippen LogP contribution in [0.25, 0.3) is 0 Å². The highest BCUT2D eigenvalue weighted by molar-refractivity contribution is 5.39. The molecule has 2 rings (SSSR count). The van der Waals surface area contributed by atoms with Crippen molar-refractivity contribution in [3.05, 3.63) is 58.3 Å². The minimum Gasteiger partial charge on any atom is -0.447 e. The zero-order valence-electron chi connectivity index (χ0n) is 9.00. The summed E-state index contributed by atoms with van der Waals surface area (Å²) < 4.78 is 5.04. The molecule has 0 aliphatic carbocycles. The van der Waals surface area contributed by atoms with Gasteiger partial charge in [-0.1, -0.05) is 18.2 Å².